The maximum Gasteiger partial charge on any atom is 0.402 e. The van der Waals surface area contributed by atoms with Gasteiger partial charge in [0.15, 0.2) is 0 Å². The van der Waals surface area contributed by atoms with Gasteiger partial charge in [0.05, 0.1) is 0 Å². The highest BCUT2D eigenvalue weighted by Gasteiger charge is 2.53. The van der Waals surface area contributed by atoms with Gasteiger partial charge >= 0.3 is 6.09 Å². The smallest absolute Gasteiger partial charge is 0.402 e. The van der Waals surface area contributed by atoms with Crippen LogP contribution in [0.1, 0.15) is 13.3 Å². The number of hydrogen-bond acceptors (Lipinski definition) is 1. The molecule has 5 heteroatoms. The lowest BCUT2D eigenvalue weighted by atomic mass is 10.5. The number of hydrogen-bond donors (Lipinski definition) is 2. The summed E-state index contributed by atoms with van der Waals surface area (Å²) < 4.78 is 23.1. The maximum absolute atomic E-state index is 11.5. The van der Waals surface area contributed by atoms with Gasteiger partial charge in [-0.15, -0.1) is 0 Å². The Morgan fingerprint density at radius 1 is 1.80 bits per heavy atom. The summed E-state index contributed by atoms with van der Waals surface area (Å²) in [5.74, 6) is -2.63. The van der Waals surface area contributed by atoms with E-state index in [1.54, 1.807) is 6.92 Å². The van der Waals surface area contributed by atoms with E-state index in [1.807, 2.05) is 0 Å². The zero-order valence-corrected chi connectivity index (χ0v) is 5.47. The summed E-state index contributed by atoms with van der Waals surface area (Å²) in [6, 6.07) is 0. The SMILES string of the molecule is CC1CC1(F)F.NC(=O)O. The summed E-state index contributed by atoms with van der Waals surface area (Å²) in [5.41, 5.74) is 4.03. The Balaban J connectivity index is 0.000000180. The number of primary amides is 1. The third-order valence-corrected chi connectivity index (χ3v) is 1.14. The average Bonchev–Trinajstić information content (AvgIpc) is 2.08. The number of rotatable bonds is 0. The highest BCUT2D eigenvalue weighted by atomic mass is 19.3. The van der Waals surface area contributed by atoms with Crippen molar-refractivity contribution in [1.29, 1.82) is 0 Å². The largest absolute Gasteiger partial charge is 0.465 e. The molecule has 1 aliphatic rings. The van der Waals surface area contributed by atoms with Crippen molar-refractivity contribution in [2.75, 3.05) is 0 Å². The summed E-state index contributed by atoms with van der Waals surface area (Å²) in [7, 11) is 0. The summed E-state index contributed by atoms with van der Waals surface area (Å²) in [6.45, 7) is 1.56. The van der Waals surface area contributed by atoms with E-state index in [0.717, 1.165) is 0 Å². The van der Waals surface area contributed by atoms with Crippen LogP contribution in [0.4, 0.5) is 13.6 Å². The Hall–Kier alpha value is -0.870. The lowest BCUT2D eigenvalue weighted by molar-refractivity contribution is 0.102. The topological polar surface area (TPSA) is 63.3 Å². The van der Waals surface area contributed by atoms with E-state index in [0.29, 0.717) is 0 Å². The fraction of sp³-hybridized carbons (Fsp3) is 0.800. The number of carboxylic acid groups (broad SMARTS) is 1. The molecule has 10 heavy (non-hydrogen) atoms. The Bertz CT molecular complexity index is 134. The van der Waals surface area contributed by atoms with Crippen LogP contribution in [0.3, 0.4) is 0 Å². The first-order chi connectivity index (χ1) is 4.36. The van der Waals surface area contributed by atoms with Crippen LogP contribution in [0.25, 0.3) is 0 Å². The molecule has 1 amide bonds. The van der Waals surface area contributed by atoms with Crippen molar-refractivity contribution in [2.24, 2.45) is 11.7 Å². The van der Waals surface area contributed by atoms with Crippen molar-refractivity contribution >= 4 is 6.09 Å². The van der Waals surface area contributed by atoms with Crippen LogP contribution in [-0.4, -0.2) is 17.1 Å². The van der Waals surface area contributed by atoms with E-state index in [9.17, 15) is 8.78 Å². The molecule has 1 fully saturated rings. The first-order valence-electron chi connectivity index (χ1n) is 2.72. The van der Waals surface area contributed by atoms with Gasteiger partial charge in [0, 0.05) is 12.3 Å². The molecule has 3 nitrogen and oxygen atoms in total. The second-order valence-corrected chi connectivity index (χ2v) is 2.20. The van der Waals surface area contributed by atoms with Crippen LogP contribution >= 0.6 is 0 Å². The van der Waals surface area contributed by atoms with Gasteiger partial charge in [-0.05, 0) is 0 Å². The molecule has 0 saturated heterocycles. The molecule has 0 aromatic carbocycles. The second-order valence-electron chi connectivity index (χ2n) is 2.20. The summed E-state index contributed by atoms with van der Waals surface area (Å²) in [6.07, 6.45) is -1.23. The van der Waals surface area contributed by atoms with Crippen LogP contribution in [0, 0.1) is 5.92 Å². The second kappa shape index (κ2) is 2.81. The van der Waals surface area contributed by atoms with E-state index >= 15 is 0 Å². The van der Waals surface area contributed by atoms with Crippen molar-refractivity contribution < 1.29 is 18.7 Å². The van der Waals surface area contributed by atoms with E-state index < -0.39 is 12.0 Å². The Kier molecular flexibility index (Phi) is 2.56. The molecule has 0 aromatic rings. The molecular weight excluding hydrogens is 144 g/mol. The third kappa shape index (κ3) is 4.05. The van der Waals surface area contributed by atoms with Crippen LogP contribution < -0.4 is 5.73 Å². The normalized spacial score (nSPS) is 26.1. The molecule has 60 valence electrons. The maximum atomic E-state index is 11.5. The van der Waals surface area contributed by atoms with Crippen LogP contribution in [0.15, 0.2) is 0 Å². The standard InChI is InChI=1S/C4H6F2.CH3NO2/c1-3-2-4(3,5)6;2-1(3)4/h3H,2H2,1H3;2H2,(H,3,4). The van der Waals surface area contributed by atoms with Crippen LogP contribution in [0.2, 0.25) is 0 Å². The van der Waals surface area contributed by atoms with E-state index in [1.165, 1.54) is 0 Å². The molecule has 0 heterocycles. The van der Waals surface area contributed by atoms with Gasteiger partial charge in [-0.25, -0.2) is 13.6 Å². The molecule has 3 N–H and O–H groups in total. The number of amides is 1. The molecule has 0 bridgehead atoms. The monoisotopic (exact) mass is 153 g/mol. The molecule has 0 aliphatic heterocycles. The van der Waals surface area contributed by atoms with Gasteiger partial charge in [0.1, 0.15) is 0 Å². The quantitative estimate of drug-likeness (QED) is 0.550. The predicted octanol–water partition coefficient (Wildman–Crippen LogP) is 1.28. The molecule has 1 aliphatic carbocycles. The van der Waals surface area contributed by atoms with E-state index in [2.05, 4.69) is 5.73 Å². The van der Waals surface area contributed by atoms with Gasteiger partial charge in [-0.2, -0.15) is 0 Å². The Morgan fingerprint density at radius 3 is 1.90 bits per heavy atom. The van der Waals surface area contributed by atoms with Crippen molar-refractivity contribution in [3.63, 3.8) is 0 Å². The average molecular weight is 153 g/mol. The molecule has 0 spiro atoms. The first-order valence-corrected chi connectivity index (χ1v) is 2.72. The highest BCUT2D eigenvalue weighted by Crippen LogP contribution is 2.47. The van der Waals surface area contributed by atoms with Crippen LogP contribution in [-0.2, 0) is 0 Å². The highest BCUT2D eigenvalue weighted by molar-refractivity contribution is 5.61. The number of alkyl halides is 2. The fourth-order valence-corrected chi connectivity index (χ4v) is 0.349. The lowest BCUT2D eigenvalue weighted by Crippen LogP contribution is -2.03. The van der Waals surface area contributed by atoms with E-state index in [-0.39, 0.29) is 12.3 Å². The predicted molar refractivity (Wildman–Crippen MR) is 30.9 cm³/mol. The molecule has 0 radical (unpaired) electrons. The minimum Gasteiger partial charge on any atom is -0.465 e. The van der Waals surface area contributed by atoms with Crippen LogP contribution in [0.5, 0.6) is 0 Å². The van der Waals surface area contributed by atoms with Crippen molar-refractivity contribution in [1.82, 2.24) is 0 Å². The molecule has 0 aromatic heterocycles. The minimum atomic E-state index is -2.29. The van der Waals surface area contributed by atoms with Gasteiger partial charge in [0.2, 0.25) is 0 Å². The zero-order chi connectivity index (χ0) is 8.36. The molecule has 1 saturated carbocycles. The first kappa shape index (κ1) is 9.13. The van der Waals surface area contributed by atoms with Gasteiger partial charge in [-0.1, -0.05) is 6.92 Å². The summed E-state index contributed by atoms with van der Waals surface area (Å²) in [4.78, 5) is 8.78. The molecule has 1 unspecified atom stereocenters. The summed E-state index contributed by atoms with van der Waals surface area (Å²) >= 11 is 0. The van der Waals surface area contributed by atoms with Crippen molar-refractivity contribution in [2.45, 2.75) is 19.3 Å². The summed E-state index contributed by atoms with van der Waals surface area (Å²) in [5, 5.41) is 7.19. The molecular formula is C5H9F2NO2. The molecule has 1 rings (SSSR count). The van der Waals surface area contributed by atoms with Crippen molar-refractivity contribution in [3.05, 3.63) is 0 Å². The lowest BCUT2D eigenvalue weighted by Gasteiger charge is -1.82. The minimum absolute atomic E-state index is 0.104. The van der Waals surface area contributed by atoms with Gasteiger partial charge < -0.3 is 10.8 Å². The van der Waals surface area contributed by atoms with Gasteiger partial charge in [-0.3, -0.25) is 0 Å². The van der Waals surface area contributed by atoms with Gasteiger partial charge in [0.25, 0.3) is 5.92 Å². The third-order valence-electron chi connectivity index (χ3n) is 1.14. The Morgan fingerprint density at radius 2 is 1.90 bits per heavy atom. The van der Waals surface area contributed by atoms with E-state index in [4.69, 9.17) is 9.90 Å². The Labute approximate surface area is 56.8 Å². The zero-order valence-electron chi connectivity index (χ0n) is 5.47. The fourth-order valence-electron chi connectivity index (χ4n) is 0.349. The number of halogens is 2. The van der Waals surface area contributed by atoms with Crippen molar-refractivity contribution in [3.8, 4) is 0 Å². The number of carbonyl (C=O) groups is 1. The molecule has 1 atom stereocenters. The number of nitrogens with two attached hydrogens (primary N) is 1.